The Bertz CT molecular complexity index is 531. The van der Waals surface area contributed by atoms with Crippen LogP contribution < -0.4 is 10.6 Å². The van der Waals surface area contributed by atoms with E-state index in [4.69, 9.17) is 4.74 Å². The molecule has 3 rings (SSSR count). The van der Waals surface area contributed by atoms with Gasteiger partial charge in [0.05, 0.1) is 6.04 Å². The summed E-state index contributed by atoms with van der Waals surface area (Å²) < 4.78 is 5.39. The lowest BCUT2D eigenvalue weighted by Crippen LogP contribution is -2.50. The Morgan fingerprint density at radius 3 is 2.62 bits per heavy atom. The van der Waals surface area contributed by atoms with Crippen molar-refractivity contribution in [2.75, 3.05) is 18.5 Å². The van der Waals surface area contributed by atoms with Crippen molar-refractivity contribution in [1.29, 1.82) is 0 Å². The van der Waals surface area contributed by atoms with Crippen molar-refractivity contribution >= 4 is 11.7 Å². The number of H-pyrrole nitrogens is 1. The first-order valence-electron chi connectivity index (χ1n) is 9.33. The molecule has 6 heteroatoms. The van der Waals surface area contributed by atoms with Crippen LogP contribution in [0.25, 0.3) is 0 Å². The fourth-order valence-corrected chi connectivity index (χ4v) is 3.74. The molecule has 0 aromatic carbocycles. The maximum absolute atomic E-state index is 12.7. The summed E-state index contributed by atoms with van der Waals surface area (Å²) in [4.78, 5) is 12.7. The standard InChI is InChI=1S/C18H30N4O2/c1-12(2)17(19-14-7-9-24-10-8-14)18(23)20-16-11-15(21-22-16)13-5-3-4-6-13/h11-14,17,19H,3-10H2,1-2H3,(H2,20,21,22,23). The minimum Gasteiger partial charge on any atom is -0.381 e. The molecule has 1 unspecified atom stereocenters. The van der Waals surface area contributed by atoms with Gasteiger partial charge in [-0.1, -0.05) is 26.7 Å². The van der Waals surface area contributed by atoms with Crippen molar-refractivity contribution in [2.24, 2.45) is 5.92 Å². The topological polar surface area (TPSA) is 79.0 Å². The van der Waals surface area contributed by atoms with E-state index in [1.165, 1.54) is 25.7 Å². The van der Waals surface area contributed by atoms with Gasteiger partial charge in [-0.3, -0.25) is 9.89 Å². The molecule has 134 valence electrons. The molecule has 1 aliphatic heterocycles. The highest BCUT2D eigenvalue weighted by Gasteiger charge is 2.27. The minimum atomic E-state index is -0.209. The van der Waals surface area contributed by atoms with E-state index in [-0.39, 0.29) is 17.9 Å². The number of anilines is 1. The van der Waals surface area contributed by atoms with Crippen molar-refractivity contribution in [1.82, 2.24) is 15.5 Å². The molecule has 0 bridgehead atoms. The molecule has 6 nitrogen and oxygen atoms in total. The number of amides is 1. The predicted octanol–water partition coefficient (Wildman–Crippen LogP) is 2.80. The monoisotopic (exact) mass is 334 g/mol. The normalized spacial score (nSPS) is 21.3. The van der Waals surface area contributed by atoms with E-state index in [9.17, 15) is 4.79 Å². The third-order valence-electron chi connectivity index (χ3n) is 5.23. The number of ether oxygens (including phenoxy) is 1. The van der Waals surface area contributed by atoms with E-state index in [1.807, 2.05) is 6.07 Å². The van der Waals surface area contributed by atoms with Crippen molar-refractivity contribution in [3.05, 3.63) is 11.8 Å². The summed E-state index contributed by atoms with van der Waals surface area (Å²) in [5.41, 5.74) is 1.15. The van der Waals surface area contributed by atoms with Crippen molar-refractivity contribution < 1.29 is 9.53 Å². The van der Waals surface area contributed by atoms with E-state index >= 15 is 0 Å². The number of carbonyl (C=O) groups excluding carboxylic acids is 1. The Hall–Kier alpha value is -1.40. The van der Waals surface area contributed by atoms with Crippen LogP contribution in [0.5, 0.6) is 0 Å². The number of hydrogen-bond donors (Lipinski definition) is 3. The number of carbonyl (C=O) groups is 1. The van der Waals surface area contributed by atoms with Gasteiger partial charge < -0.3 is 15.4 Å². The molecular weight excluding hydrogens is 304 g/mol. The first kappa shape index (κ1) is 17.4. The Labute approximate surface area is 144 Å². The molecule has 2 fully saturated rings. The van der Waals surface area contributed by atoms with Gasteiger partial charge in [0.1, 0.15) is 0 Å². The van der Waals surface area contributed by atoms with Gasteiger partial charge in [0.2, 0.25) is 5.91 Å². The van der Waals surface area contributed by atoms with Gasteiger partial charge in [-0.25, -0.2) is 0 Å². The average molecular weight is 334 g/mol. The zero-order chi connectivity index (χ0) is 16.9. The fourth-order valence-electron chi connectivity index (χ4n) is 3.74. The molecule has 24 heavy (non-hydrogen) atoms. The molecule has 1 saturated carbocycles. The van der Waals surface area contributed by atoms with E-state index < -0.39 is 0 Å². The number of rotatable bonds is 6. The summed E-state index contributed by atoms with van der Waals surface area (Å²) >= 11 is 0. The second-order valence-electron chi connectivity index (χ2n) is 7.45. The van der Waals surface area contributed by atoms with Crippen molar-refractivity contribution in [3.63, 3.8) is 0 Å². The highest BCUT2D eigenvalue weighted by atomic mass is 16.5. The number of nitrogens with one attached hydrogen (secondary N) is 3. The maximum atomic E-state index is 12.7. The molecule has 2 heterocycles. The minimum absolute atomic E-state index is 0.000892. The SMILES string of the molecule is CC(C)C(NC1CCOCC1)C(=O)Nc1cc(C2CCCC2)[nH]n1. The van der Waals surface area contributed by atoms with Gasteiger partial charge >= 0.3 is 0 Å². The van der Waals surface area contributed by atoms with Gasteiger partial charge in [0, 0.05) is 36.9 Å². The second-order valence-corrected chi connectivity index (χ2v) is 7.45. The zero-order valence-corrected chi connectivity index (χ0v) is 14.8. The Morgan fingerprint density at radius 1 is 1.25 bits per heavy atom. The second kappa shape index (κ2) is 8.12. The summed E-state index contributed by atoms with van der Waals surface area (Å²) in [7, 11) is 0. The Balaban J connectivity index is 1.58. The van der Waals surface area contributed by atoms with E-state index in [0.29, 0.717) is 17.8 Å². The smallest absolute Gasteiger partial charge is 0.242 e. The van der Waals surface area contributed by atoms with E-state index in [0.717, 1.165) is 31.7 Å². The molecule has 2 aliphatic rings. The largest absolute Gasteiger partial charge is 0.381 e. The van der Waals surface area contributed by atoms with Gasteiger partial charge in [0.25, 0.3) is 0 Å². The third-order valence-corrected chi connectivity index (χ3v) is 5.23. The van der Waals surface area contributed by atoms with Gasteiger partial charge in [-0.15, -0.1) is 0 Å². The lowest BCUT2D eigenvalue weighted by molar-refractivity contribution is -0.119. The molecule has 3 N–H and O–H groups in total. The van der Waals surface area contributed by atoms with Crippen molar-refractivity contribution in [3.8, 4) is 0 Å². The summed E-state index contributed by atoms with van der Waals surface area (Å²) in [6.07, 6.45) is 6.94. The van der Waals surface area contributed by atoms with Gasteiger partial charge in [-0.2, -0.15) is 5.10 Å². The summed E-state index contributed by atoms with van der Waals surface area (Å²) in [6, 6.07) is 2.14. The van der Waals surface area contributed by atoms with Crippen LogP contribution in [-0.2, 0) is 9.53 Å². The fraction of sp³-hybridized carbons (Fsp3) is 0.778. The summed E-state index contributed by atoms with van der Waals surface area (Å²) in [5.74, 6) is 1.44. The molecule has 1 atom stereocenters. The molecule has 1 aromatic rings. The van der Waals surface area contributed by atoms with Crippen LogP contribution in [0.3, 0.4) is 0 Å². The number of hydrogen-bond acceptors (Lipinski definition) is 4. The van der Waals surface area contributed by atoms with Gasteiger partial charge in [-0.05, 0) is 31.6 Å². The summed E-state index contributed by atoms with van der Waals surface area (Å²) in [5, 5.41) is 13.9. The predicted molar refractivity (Wildman–Crippen MR) is 94.0 cm³/mol. The van der Waals surface area contributed by atoms with E-state index in [2.05, 4.69) is 34.7 Å². The Morgan fingerprint density at radius 2 is 1.96 bits per heavy atom. The average Bonchev–Trinajstić information content (AvgIpc) is 3.24. The number of nitrogens with zero attached hydrogens (tertiary/aromatic N) is 1. The van der Waals surface area contributed by atoms with Crippen molar-refractivity contribution in [2.45, 2.75) is 70.4 Å². The Kier molecular flexibility index (Phi) is 5.89. The highest BCUT2D eigenvalue weighted by Crippen LogP contribution is 2.33. The van der Waals surface area contributed by atoms with E-state index in [1.54, 1.807) is 0 Å². The van der Waals surface area contributed by atoms with Crippen LogP contribution in [0.15, 0.2) is 6.07 Å². The van der Waals surface area contributed by atoms with Crippen LogP contribution in [-0.4, -0.2) is 41.4 Å². The summed E-state index contributed by atoms with van der Waals surface area (Å²) in [6.45, 7) is 5.69. The maximum Gasteiger partial charge on any atom is 0.242 e. The molecule has 1 amide bonds. The zero-order valence-electron chi connectivity index (χ0n) is 14.8. The molecule has 1 aromatic heterocycles. The molecule has 0 radical (unpaired) electrons. The lowest BCUT2D eigenvalue weighted by atomic mass is 10.00. The van der Waals surface area contributed by atoms with Crippen LogP contribution in [0.2, 0.25) is 0 Å². The molecule has 1 aliphatic carbocycles. The van der Waals surface area contributed by atoms with Crippen LogP contribution in [0, 0.1) is 5.92 Å². The van der Waals surface area contributed by atoms with Crippen LogP contribution in [0.4, 0.5) is 5.82 Å². The first-order valence-corrected chi connectivity index (χ1v) is 9.33. The molecule has 0 spiro atoms. The third kappa shape index (κ3) is 4.36. The number of aromatic nitrogens is 2. The lowest BCUT2D eigenvalue weighted by Gasteiger charge is -2.29. The highest BCUT2D eigenvalue weighted by molar-refractivity contribution is 5.94. The first-order chi connectivity index (χ1) is 11.6. The quantitative estimate of drug-likeness (QED) is 0.747. The number of aromatic amines is 1. The van der Waals surface area contributed by atoms with Crippen LogP contribution >= 0.6 is 0 Å². The van der Waals surface area contributed by atoms with Crippen LogP contribution in [0.1, 0.15) is 64.0 Å². The molecular formula is C18H30N4O2. The molecule has 1 saturated heterocycles. The van der Waals surface area contributed by atoms with Gasteiger partial charge in [0.15, 0.2) is 5.82 Å².